The van der Waals surface area contributed by atoms with Gasteiger partial charge in [-0.3, -0.25) is 0 Å². The van der Waals surface area contributed by atoms with Crippen LogP contribution in [0.3, 0.4) is 0 Å². The second kappa shape index (κ2) is 7.89. The summed E-state index contributed by atoms with van der Waals surface area (Å²) < 4.78 is 10.7. The van der Waals surface area contributed by atoms with Crippen molar-refractivity contribution in [2.24, 2.45) is 5.92 Å². The molecule has 114 valence electrons. The SMILES string of the molecule is COc1ccc(CNCC[C@@H](c2ccco2)C(C)C)cc1. The summed E-state index contributed by atoms with van der Waals surface area (Å²) in [4.78, 5) is 0. The average molecular weight is 287 g/mol. The molecule has 1 heterocycles. The molecule has 1 aromatic carbocycles. The van der Waals surface area contributed by atoms with E-state index in [2.05, 4.69) is 37.4 Å². The third-order valence-corrected chi connectivity index (χ3v) is 3.83. The van der Waals surface area contributed by atoms with Gasteiger partial charge in [0.15, 0.2) is 0 Å². The molecule has 1 atom stereocenters. The van der Waals surface area contributed by atoms with Crippen LogP contribution in [0, 0.1) is 5.92 Å². The van der Waals surface area contributed by atoms with Crippen LogP contribution in [0.15, 0.2) is 47.1 Å². The smallest absolute Gasteiger partial charge is 0.118 e. The number of furan rings is 1. The van der Waals surface area contributed by atoms with E-state index in [4.69, 9.17) is 9.15 Å². The highest BCUT2D eigenvalue weighted by Gasteiger charge is 2.17. The number of hydrogen-bond acceptors (Lipinski definition) is 3. The van der Waals surface area contributed by atoms with Gasteiger partial charge >= 0.3 is 0 Å². The lowest BCUT2D eigenvalue weighted by Gasteiger charge is -2.18. The Balaban J connectivity index is 1.77. The highest BCUT2D eigenvalue weighted by Crippen LogP contribution is 2.27. The van der Waals surface area contributed by atoms with E-state index in [0.717, 1.165) is 31.0 Å². The lowest BCUT2D eigenvalue weighted by Crippen LogP contribution is -2.19. The summed E-state index contributed by atoms with van der Waals surface area (Å²) in [6.07, 6.45) is 2.84. The number of hydrogen-bond donors (Lipinski definition) is 1. The van der Waals surface area contributed by atoms with Gasteiger partial charge in [-0.05, 0) is 48.7 Å². The molecule has 21 heavy (non-hydrogen) atoms. The summed E-state index contributed by atoms with van der Waals surface area (Å²) in [6, 6.07) is 12.2. The summed E-state index contributed by atoms with van der Waals surface area (Å²) in [5.41, 5.74) is 1.27. The molecule has 0 saturated heterocycles. The zero-order valence-electron chi connectivity index (χ0n) is 13.1. The molecule has 3 nitrogen and oxygen atoms in total. The summed E-state index contributed by atoms with van der Waals surface area (Å²) in [6.45, 7) is 6.36. The molecule has 2 aromatic rings. The molecule has 0 bridgehead atoms. The minimum Gasteiger partial charge on any atom is -0.497 e. The second-order valence-corrected chi connectivity index (χ2v) is 5.68. The van der Waals surface area contributed by atoms with E-state index in [0.29, 0.717) is 11.8 Å². The van der Waals surface area contributed by atoms with Gasteiger partial charge in [0.05, 0.1) is 13.4 Å². The molecule has 1 N–H and O–H groups in total. The standard InChI is InChI=1S/C18H25NO2/c1-14(2)17(18-5-4-12-21-18)10-11-19-13-15-6-8-16(20-3)9-7-15/h4-9,12,14,17,19H,10-11,13H2,1-3H3/t17-/m1/s1. The van der Waals surface area contributed by atoms with Crippen LogP contribution in [-0.2, 0) is 6.54 Å². The first kappa shape index (κ1) is 15.6. The third-order valence-electron chi connectivity index (χ3n) is 3.83. The highest BCUT2D eigenvalue weighted by atomic mass is 16.5. The van der Waals surface area contributed by atoms with Crippen LogP contribution in [0.25, 0.3) is 0 Å². The largest absolute Gasteiger partial charge is 0.497 e. The van der Waals surface area contributed by atoms with Crippen molar-refractivity contribution in [3.05, 3.63) is 54.0 Å². The Hall–Kier alpha value is -1.74. The van der Waals surface area contributed by atoms with Gasteiger partial charge in [-0.15, -0.1) is 0 Å². The number of benzene rings is 1. The first-order valence-corrected chi connectivity index (χ1v) is 7.57. The van der Waals surface area contributed by atoms with E-state index in [1.807, 2.05) is 18.2 Å². The molecule has 0 amide bonds. The Bertz CT molecular complexity index is 503. The lowest BCUT2D eigenvalue weighted by molar-refractivity contribution is 0.372. The van der Waals surface area contributed by atoms with E-state index in [-0.39, 0.29) is 0 Å². The van der Waals surface area contributed by atoms with Gasteiger partial charge in [-0.2, -0.15) is 0 Å². The molecule has 1 aromatic heterocycles. The van der Waals surface area contributed by atoms with Crippen LogP contribution in [-0.4, -0.2) is 13.7 Å². The van der Waals surface area contributed by atoms with Crippen molar-refractivity contribution in [1.82, 2.24) is 5.32 Å². The van der Waals surface area contributed by atoms with Gasteiger partial charge in [0.2, 0.25) is 0 Å². The van der Waals surface area contributed by atoms with Gasteiger partial charge in [0.1, 0.15) is 11.5 Å². The van der Waals surface area contributed by atoms with Crippen molar-refractivity contribution < 1.29 is 9.15 Å². The maximum atomic E-state index is 5.56. The quantitative estimate of drug-likeness (QED) is 0.739. The van der Waals surface area contributed by atoms with E-state index in [9.17, 15) is 0 Å². The predicted octanol–water partition coefficient (Wildman–Crippen LogP) is 4.21. The molecule has 2 rings (SSSR count). The minimum absolute atomic E-state index is 0.475. The monoisotopic (exact) mass is 287 g/mol. The molecular formula is C18H25NO2. The van der Waals surface area contributed by atoms with Gasteiger partial charge in [-0.1, -0.05) is 26.0 Å². The molecule has 0 aliphatic heterocycles. The molecule has 0 fully saturated rings. The highest BCUT2D eigenvalue weighted by molar-refractivity contribution is 5.26. The summed E-state index contributed by atoms with van der Waals surface area (Å²) in [5.74, 6) is 3.05. The maximum absolute atomic E-state index is 5.56. The van der Waals surface area contributed by atoms with Crippen LogP contribution in [0.5, 0.6) is 5.75 Å². The van der Waals surface area contributed by atoms with Gasteiger partial charge in [0.25, 0.3) is 0 Å². The Morgan fingerprint density at radius 1 is 1.14 bits per heavy atom. The van der Waals surface area contributed by atoms with Crippen molar-refractivity contribution >= 4 is 0 Å². The summed E-state index contributed by atoms with van der Waals surface area (Å²) >= 11 is 0. The van der Waals surface area contributed by atoms with Crippen LogP contribution in [0.2, 0.25) is 0 Å². The maximum Gasteiger partial charge on any atom is 0.118 e. The normalized spacial score (nSPS) is 12.6. The van der Waals surface area contributed by atoms with Crippen molar-refractivity contribution in [3.63, 3.8) is 0 Å². The summed E-state index contributed by atoms with van der Waals surface area (Å²) in [7, 11) is 1.69. The van der Waals surface area contributed by atoms with Crippen LogP contribution in [0.1, 0.15) is 37.5 Å². The van der Waals surface area contributed by atoms with E-state index < -0.39 is 0 Å². The Morgan fingerprint density at radius 3 is 2.48 bits per heavy atom. The van der Waals surface area contributed by atoms with Gasteiger partial charge in [-0.25, -0.2) is 0 Å². The number of methoxy groups -OCH3 is 1. The lowest BCUT2D eigenvalue weighted by atomic mass is 9.90. The van der Waals surface area contributed by atoms with Crippen LogP contribution in [0.4, 0.5) is 0 Å². The molecular weight excluding hydrogens is 262 g/mol. The molecule has 0 aliphatic rings. The molecule has 0 unspecified atom stereocenters. The first-order valence-electron chi connectivity index (χ1n) is 7.57. The fourth-order valence-electron chi connectivity index (χ4n) is 2.54. The first-order chi connectivity index (χ1) is 10.2. The van der Waals surface area contributed by atoms with E-state index in [1.165, 1.54) is 5.56 Å². The molecule has 3 heteroatoms. The average Bonchev–Trinajstić information content (AvgIpc) is 3.01. The zero-order valence-corrected chi connectivity index (χ0v) is 13.1. The molecule has 0 spiro atoms. The molecule has 0 radical (unpaired) electrons. The Kier molecular flexibility index (Phi) is 5.88. The Morgan fingerprint density at radius 2 is 1.90 bits per heavy atom. The molecule has 0 aliphatic carbocycles. The minimum atomic E-state index is 0.475. The van der Waals surface area contributed by atoms with Crippen LogP contribution < -0.4 is 10.1 Å². The van der Waals surface area contributed by atoms with Gasteiger partial charge in [0, 0.05) is 12.5 Å². The van der Waals surface area contributed by atoms with Gasteiger partial charge < -0.3 is 14.5 Å². The van der Waals surface area contributed by atoms with Crippen LogP contribution >= 0.6 is 0 Å². The van der Waals surface area contributed by atoms with E-state index in [1.54, 1.807) is 13.4 Å². The van der Waals surface area contributed by atoms with E-state index >= 15 is 0 Å². The number of ether oxygens (including phenoxy) is 1. The number of nitrogens with one attached hydrogen (secondary N) is 1. The van der Waals surface area contributed by atoms with Crippen molar-refractivity contribution in [1.29, 1.82) is 0 Å². The zero-order chi connectivity index (χ0) is 15.1. The molecule has 0 saturated carbocycles. The Labute approximate surface area is 127 Å². The fraction of sp³-hybridized carbons (Fsp3) is 0.444. The summed E-state index contributed by atoms with van der Waals surface area (Å²) in [5, 5.41) is 3.50. The second-order valence-electron chi connectivity index (χ2n) is 5.68. The fourth-order valence-corrected chi connectivity index (χ4v) is 2.54. The van der Waals surface area contributed by atoms with Crippen molar-refractivity contribution in [3.8, 4) is 5.75 Å². The van der Waals surface area contributed by atoms with Crippen molar-refractivity contribution in [2.45, 2.75) is 32.7 Å². The number of rotatable bonds is 8. The third kappa shape index (κ3) is 4.64. The topological polar surface area (TPSA) is 34.4 Å². The predicted molar refractivity (Wildman–Crippen MR) is 85.6 cm³/mol. The van der Waals surface area contributed by atoms with Crippen molar-refractivity contribution in [2.75, 3.05) is 13.7 Å².